The summed E-state index contributed by atoms with van der Waals surface area (Å²) in [5.74, 6) is 0.604. The van der Waals surface area contributed by atoms with Crippen LogP contribution in [0.1, 0.15) is 22.7 Å². The molecule has 0 saturated carbocycles. The van der Waals surface area contributed by atoms with Gasteiger partial charge in [0.1, 0.15) is 10.7 Å². The van der Waals surface area contributed by atoms with Crippen LogP contribution in [-0.2, 0) is 11.3 Å². The van der Waals surface area contributed by atoms with E-state index in [0.29, 0.717) is 30.8 Å². The summed E-state index contributed by atoms with van der Waals surface area (Å²) in [4.78, 5) is 21.4. The van der Waals surface area contributed by atoms with Crippen molar-refractivity contribution in [3.63, 3.8) is 0 Å². The lowest BCUT2D eigenvalue weighted by Crippen LogP contribution is -2.34. The first-order chi connectivity index (χ1) is 10.1. The fourth-order valence-corrected chi connectivity index (χ4v) is 3.27. The second kappa shape index (κ2) is 7.13. The van der Waals surface area contributed by atoms with E-state index in [1.807, 2.05) is 13.8 Å². The van der Waals surface area contributed by atoms with Crippen molar-refractivity contribution in [2.45, 2.75) is 32.9 Å². The summed E-state index contributed by atoms with van der Waals surface area (Å²) < 4.78 is 5.09. The fraction of sp³-hybridized carbons (Fsp3) is 0.571. The van der Waals surface area contributed by atoms with E-state index in [9.17, 15) is 4.79 Å². The van der Waals surface area contributed by atoms with Gasteiger partial charge >= 0.3 is 0 Å². The molecule has 3 N–H and O–H groups in total. The van der Waals surface area contributed by atoms with E-state index in [4.69, 9.17) is 9.84 Å². The average molecular weight is 311 g/mol. The molecule has 0 radical (unpaired) electrons. The summed E-state index contributed by atoms with van der Waals surface area (Å²) in [6, 6.07) is 0.0350. The smallest absolute Gasteiger partial charge is 0.259 e. The molecule has 2 rings (SSSR count). The van der Waals surface area contributed by atoms with Gasteiger partial charge in [-0.25, -0.2) is 4.98 Å². The quantitative estimate of drug-likeness (QED) is 0.712. The minimum atomic E-state index is -0.0934. The number of aliphatic hydroxyl groups is 1. The SMILES string of the molecule is COCC(CCO)NCc1nc2sc(C)c(C)c2c(=O)[nH]1. The van der Waals surface area contributed by atoms with Crippen LogP contribution in [0, 0.1) is 13.8 Å². The number of methoxy groups -OCH3 is 1. The van der Waals surface area contributed by atoms with Crippen molar-refractivity contribution in [1.29, 1.82) is 0 Å². The molecular weight excluding hydrogens is 290 g/mol. The van der Waals surface area contributed by atoms with Crippen LogP contribution < -0.4 is 10.9 Å². The van der Waals surface area contributed by atoms with E-state index in [1.165, 1.54) is 11.3 Å². The molecule has 0 aliphatic rings. The number of aromatic nitrogens is 2. The van der Waals surface area contributed by atoms with E-state index >= 15 is 0 Å². The van der Waals surface area contributed by atoms with Crippen LogP contribution in [0.2, 0.25) is 0 Å². The topological polar surface area (TPSA) is 87.2 Å². The van der Waals surface area contributed by atoms with E-state index < -0.39 is 0 Å². The van der Waals surface area contributed by atoms with Gasteiger partial charge in [-0.15, -0.1) is 11.3 Å². The van der Waals surface area contributed by atoms with Gasteiger partial charge in [-0.05, 0) is 25.8 Å². The summed E-state index contributed by atoms with van der Waals surface area (Å²) in [5, 5.41) is 12.9. The molecule has 21 heavy (non-hydrogen) atoms. The van der Waals surface area contributed by atoms with Crippen molar-refractivity contribution in [1.82, 2.24) is 15.3 Å². The third kappa shape index (κ3) is 3.68. The number of aliphatic hydroxyl groups excluding tert-OH is 1. The summed E-state index contributed by atoms with van der Waals surface area (Å²) in [6.07, 6.45) is 0.595. The number of thiophene rings is 1. The molecule has 2 aromatic rings. The number of nitrogens with one attached hydrogen (secondary N) is 2. The number of ether oxygens (including phenoxy) is 1. The Kier molecular flexibility index (Phi) is 5.46. The van der Waals surface area contributed by atoms with Gasteiger partial charge in [-0.2, -0.15) is 0 Å². The van der Waals surface area contributed by atoms with Crippen LogP contribution in [0.4, 0.5) is 0 Å². The maximum atomic E-state index is 12.1. The van der Waals surface area contributed by atoms with Gasteiger partial charge in [0.05, 0.1) is 18.5 Å². The molecular formula is C14H21N3O3S. The molecule has 2 heterocycles. The van der Waals surface area contributed by atoms with Crippen LogP contribution in [0.3, 0.4) is 0 Å². The van der Waals surface area contributed by atoms with Gasteiger partial charge in [-0.3, -0.25) is 4.79 Å². The predicted octanol–water partition coefficient (Wildman–Crippen LogP) is 1.09. The highest BCUT2D eigenvalue weighted by Gasteiger charge is 2.13. The zero-order valence-electron chi connectivity index (χ0n) is 12.5. The molecule has 0 aliphatic carbocycles. The van der Waals surface area contributed by atoms with Crippen LogP contribution in [0.5, 0.6) is 0 Å². The summed E-state index contributed by atoms with van der Waals surface area (Å²) in [6.45, 7) is 4.97. The van der Waals surface area contributed by atoms with Gasteiger partial charge in [-0.1, -0.05) is 0 Å². The molecule has 0 bridgehead atoms. The molecule has 116 valence electrons. The van der Waals surface area contributed by atoms with Crippen LogP contribution in [0.15, 0.2) is 4.79 Å². The Morgan fingerprint density at radius 3 is 2.90 bits per heavy atom. The Hall–Kier alpha value is -1.28. The molecule has 6 nitrogen and oxygen atoms in total. The highest BCUT2D eigenvalue weighted by molar-refractivity contribution is 7.18. The number of hydrogen-bond acceptors (Lipinski definition) is 6. The van der Waals surface area contributed by atoms with E-state index in [1.54, 1.807) is 7.11 Å². The number of rotatable bonds is 7. The molecule has 0 spiro atoms. The third-order valence-corrected chi connectivity index (χ3v) is 4.59. The lowest BCUT2D eigenvalue weighted by Gasteiger charge is -2.16. The van der Waals surface area contributed by atoms with Crippen molar-refractivity contribution < 1.29 is 9.84 Å². The molecule has 0 fully saturated rings. The van der Waals surface area contributed by atoms with Crippen LogP contribution >= 0.6 is 11.3 Å². The maximum absolute atomic E-state index is 12.1. The van der Waals surface area contributed by atoms with E-state index in [0.717, 1.165) is 15.3 Å². The van der Waals surface area contributed by atoms with Gasteiger partial charge in [0.15, 0.2) is 0 Å². The molecule has 0 saturated heterocycles. The normalized spacial score (nSPS) is 13.0. The molecule has 0 aliphatic heterocycles. The number of aromatic amines is 1. The van der Waals surface area contributed by atoms with Gasteiger partial charge in [0.2, 0.25) is 0 Å². The average Bonchev–Trinajstić information content (AvgIpc) is 2.72. The minimum Gasteiger partial charge on any atom is -0.396 e. The summed E-state index contributed by atoms with van der Waals surface area (Å²) >= 11 is 1.54. The third-order valence-electron chi connectivity index (χ3n) is 3.49. The van der Waals surface area contributed by atoms with Crippen molar-refractivity contribution in [3.8, 4) is 0 Å². The highest BCUT2D eigenvalue weighted by atomic mass is 32.1. The van der Waals surface area contributed by atoms with Crippen molar-refractivity contribution in [2.75, 3.05) is 20.3 Å². The number of aryl methyl sites for hydroxylation is 2. The van der Waals surface area contributed by atoms with E-state index in [-0.39, 0.29) is 18.2 Å². The number of H-pyrrole nitrogens is 1. The van der Waals surface area contributed by atoms with Crippen molar-refractivity contribution >= 4 is 21.6 Å². The predicted molar refractivity (Wildman–Crippen MR) is 83.9 cm³/mol. The Morgan fingerprint density at radius 2 is 2.24 bits per heavy atom. The summed E-state index contributed by atoms with van der Waals surface area (Å²) in [5.41, 5.74) is 0.907. The van der Waals surface area contributed by atoms with Crippen molar-refractivity contribution in [3.05, 3.63) is 26.6 Å². The molecule has 0 aromatic carbocycles. The minimum absolute atomic E-state index is 0.0350. The summed E-state index contributed by atoms with van der Waals surface area (Å²) in [7, 11) is 1.62. The maximum Gasteiger partial charge on any atom is 0.259 e. The Morgan fingerprint density at radius 1 is 1.48 bits per heavy atom. The first-order valence-electron chi connectivity index (χ1n) is 6.89. The van der Waals surface area contributed by atoms with Gasteiger partial charge in [0.25, 0.3) is 5.56 Å². The van der Waals surface area contributed by atoms with E-state index in [2.05, 4.69) is 15.3 Å². The lowest BCUT2D eigenvalue weighted by atomic mass is 10.2. The number of fused-ring (bicyclic) bond motifs is 1. The Balaban J connectivity index is 2.17. The zero-order valence-corrected chi connectivity index (χ0v) is 13.3. The number of hydrogen-bond donors (Lipinski definition) is 3. The largest absolute Gasteiger partial charge is 0.396 e. The second-order valence-corrected chi connectivity index (χ2v) is 6.22. The standard InChI is InChI=1S/C14H21N3O3S/c1-8-9(2)21-14-12(8)13(19)16-11(17-14)6-15-10(4-5-18)7-20-3/h10,15,18H,4-7H2,1-3H3,(H,16,17,19). The van der Waals surface area contributed by atoms with Crippen LogP contribution in [0.25, 0.3) is 10.2 Å². The first-order valence-corrected chi connectivity index (χ1v) is 7.70. The molecule has 7 heteroatoms. The molecule has 1 atom stereocenters. The molecule has 2 aromatic heterocycles. The highest BCUT2D eigenvalue weighted by Crippen LogP contribution is 2.25. The van der Waals surface area contributed by atoms with Crippen molar-refractivity contribution in [2.24, 2.45) is 0 Å². The monoisotopic (exact) mass is 311 g/mol. The van der Waals surface area contributed by atoms with Gasteiger partial charge < -0.3 is 20.1 Å². The zero-order chi connectivity index (χ0) is 15.4. The fourth-order valence-electron chi connectivity index (χ4n) is 2.23. The Labute approximate surface area is 127 Å². The lowest BCUT2D eigenvalue weighted by molar-refractivity contribution is 0.147. The van der Waals surface area contributed by atoms with Gasteiger partial charge in [0, 0.05) is 24.6 Å². The Bertz CT molecular complexity index is 659. The van der Waals surface area contributed by atoms with Crippen LogP contribution in [-0.4, -0.2) is 41.4 Å². The molecule has 1 unspecified atom stereocenters. The second-order valence-electron chi connectivity index (χ2n) is 5.02. The first kappa shape index (κ1) is 16.1. The number of nitrogens with zero attached hydrogens (tertiary/aromatic N) is 1. The molecule has 0 amide bonds.